The van der Waals surface area contributed by atoms with E-state index in [0.717, 1.165) is 89.1 Å². The first-order valence-corrected chi connectivity index (χ1v) is 23.8. The van der Waals surface area contributed by atoms with Crippen molar-refractivity contribution in [1.29, 1.82) is 0 Å². The number of carbonyl (C=O) groups is 1. The smallest absolute Gasteiger partial charge is 0.255 e. The number of amides is 1. The molecule has 1 aliphatic carbocycles. The van der Waals surface area contributed by atoms with Gasteiger partial charge in [-0.1, -0.05) is 76.9 Å². The van der Waals surface area contributed by atoms with Gasteiger partial charge in [0, 0.05) is 92.0 Å². The predicted octanol–water partition coefficient (Wildman–Crippen LogP) is 7.46. The maximum atomic E-state index is 13.1. The number of nitrogens with zero attached hydrogens (tertiary/aromatic N) is 2. The fourth-order valence-corrected chi connectivity index (χ4v) is 8.61. The van der Waals surface area contributed by atoms with Crippen LogP contribution in [0.25, 0.3) is 5.57 Å². The molecule has 0 radical (unpaired) electrons. The Balaban J connectivity index is 0.000000735. The highest BCUT2D eigenvalue weighted by atomic mass is 35.5. The number of ether oxygens (including phenoxy) is 2. The number of hydrogen-bond donors (Lipinski definition) is 4. The normalized spacial score (nSPS) is 16.5. The number of allylic oxidation sites excluding steroid dienone is 1. The molecule has 3 aromatic carbocycles. The Kier molecular flexibility index (Phi) is 24.4. The maximum absolute atomic E-state index is 13.1. The molecule has 2 aliphatic heterocycles. The molecule has 0 spiro atoms. The van der Waals surface area contributed by atoms with E-state index in [9.17, 15) is 18.1 Å². The summed E-state index contributed by atoms with van der Waals surface area (Å²) in [5.74, 6) is 0.0972. The Morgan fingerprint density at radius 1 is 0.967 bits per heavy atom. The van der Waals surface area contributed by atoms with Crippen molar-refractivity contribution >= 4 is 44.3 Å². The topological polar surface area (TPSA) is 151 Å². The predicted molar refractivity (Wildman–Crippen MR) is 251 cm³/mol. The van der Waals surface area contributed by atoms with Crippen LogP contribution >= 0.6 is 11.6 Å². The summed E-state index contributed by atoms with van der Waals surface area (Å²) in [7, 11) is -0.853. The van der Waals surface area contributed by atoms with Gasteiger partial charge in [-0.3, -0.25) is 9.69 Å². The molecule has 2 fully saturated rings. The molecule has 0 unspecified atom stereocenters. The highest BCUT2D eigenvalue weighted by Crippen LogP contribution is 2.43. The number of rotatable bonds is 13. The Morgan fingerprint density at radius 2 is 1.62 bits per heavy atom. The van der Waals surface area contributed by atoms with Crippen molar-refractivity contribution in [2.75, 3.05) is 84.0 Å². The minimum absolute atomic E-state index is 0.0574. The molecule has 61 heavy (non-hydrogen) atoms. The average Bonchev–Trinajstić information content (AvgIpc) is 3.29. The molecule has 0 bridgehead atoms. The third-order valence-corrected chi connectivity index (χ3v) is 12.4. The summed E-state index contributed by atoms with van der Waals surface area (Å²) < 4.78 is 36.6. The Bertz CT molecular complexity index is 1890. The first-order valence-electron chi connectivity index (χ1n) is 21.8. The molecule has 1 amide bonds. The SMILES string of the molecule is CC.CC.CCOc1cc(N2CCN(CC3=C(c4ccc(Cl)cc4)CC(C)(C)CC3)CC2)ccc1C(=O)NCS(=O)(=O)c1cccc([NH+]=O)c1.CNCC1CCOCC1.CO. The first kappa shape index (κ1) is 53.3. The van der Waals surface area contributed by atoms with E-state index in [1.54, 1.807) is 11.2 Å². The second-order valence-electron chi connectivity index (χ2n) is 15.3. The zero-order valence-electron chi connectivity index (χ0n) is 38.1. The number of halogens is 1. The van der Waals surface area contributed by atoms with Crippen molar-refractivity contribution in [3.8, 4) is 5.75 Å². The summed E-state index contributed by atoms with van der Waals surface area (Å²) in [6.45, 7) is 22.4. The van der Waals surface area contributed by atoms with Crippen LogP contribution in [0.5, 0.6) is 5.75 Å². The second-order valence-corrected chi connectivity index (χ2v) is 17.7. The quantitative estimate of drug-likeness (QED) is 0.136. The number of sulfone groups is 1. The van der Waals surface area contributed by atoms with Crippen LogP contribution in [0.4, 0.5) is 11.4 Å². The highest BCUT2D eigenvalue weighted by molar-refractivity contribution is 7.91. The van der Waals surface area contributed by atoms with E-state index in [1.807, 2.05) is 65.9 Å². The van der Waals surface area contributed by atoms with Crippen LogP contribution in [0.3, 0.4) is 0 Å². The van der Waals surface area contributed by atoms with Crippen molar-refractivity contribution in [3.63, 3.8) is 0 Å². The van der Waals surface area contributed by atoms with Crippen molar-refractivity contribution in [2.45, 2.75) is 85.5 Å². The molecular weight excluding hydrogens is 814 g/mol. The third-order valence-electron chi connectivity index (χ3n) is 10.6. The zero-order valence-corrected chi connectivity index (χ0v) is 39.7. The lowest BCUT2D eigenvalue weighted by Gasteiger charge is -2.39. The molecule has 0 aromatic heterocycles. The number of anilines is 1. The molecule has 14 heteroatoms. The summed E-state index contributed by atoms with van der Waals surface area (Å²) in [4.78, 5) is 28.8. The van der Waals surface area contributed by atoms with Crippen LogP contribution in [0, 0.1) is 16.2 Å². The van der Waals surface area contributed by atoms with Gasteiger partial charge in [-0.25, -0.2) is 8.42 Å². The summed E-state index contributed by atoms with van der Waals surface area (Å²) >= 11 is 6.19. The molecule has 3 aromatic rings. The molecule has 4 N–H and O–H groups in total. The summed E-state index contributed by atoms with van der Waals surface area (Å²) in [6, 6.07) is 19.2. The number of nitroso groups, excluding NO2 is 1. The average molecular weight is 888 g/mol. The molecule has 12 nitrogen and oxygen atoms in total. The van der Waals surface area contributed by atoms with Gasteiger partial charge < -0.3 is 30.1 Å². The van der Waals surface area contributed by atoms with Gasteiger partial charge in [-0.05, 0) is 105 Å². The molecule has 3 aliphatic rings. The van der Waals surface area contributed by atoms with Crippen molar-refractivity contribution < 1.29 is 33.0 Å². The molecule has 6 rings (SSSR count). The van der Waals surface area contributed by atoms with Gasteiger partial charge in [-0.15, -0.1) is 0 Å². The van der Waals surface area contributed by atoms with Gasteiger partial charge in [0.2, 0.25) is 0 Å². The summed E-state index contributed by atoms with van der Waals surface area (Å²) in [5, 5.41) is 15.1. The lowest BCUT2D eigenvalue weighted by molar-refractivity contribution is -0.379. The fourth-order valence-electron chi connectivity index (χ4n) is 7.40. The number of hydrogen-bond acceptors (Lipinski definition) is 10. The van der Waals surface area contributed by atoms with Crippen LogP contribution in [-0.4, -0.2) is 103 Å². The molecule has 0 saturated carbocycles. The number of piperazine rings is 1. The van der Waals surface area contributed by atoms with Crippen LogP contribution in [0.15, 0.2) is 77.2 Å². The van der Waals surface area contributed by atoms with Crippen molar-refractivity contribution in [3.05, 3.63) is 93.4 Å². The van der Waals surface area contributed by atoms with Gasteiger partial charge in [0.05, 0.1) is 17.1 Å². The molecule has 340 valence electrons. The largest absolute Gasteiger partial charge is 0.493 e. The zero-order chi connectivity index (χ0) is 45.4. The third kappa shape index (κ3) is 17.1. The standard InChI is InChI=1S/C35H41ClN4O5S.C7H15NO.2C2H6.CH4O/c1-4-45-33-21-29(12-13-31(33)34(41)37-24-46(43,44)30-7-5-6-28(20-30)38-42)40-18-16-39(17-19-40)23-26-14-15-35(2,3)22-32(26)25-8-10-27(36)11-9-25;1-8-6-7-2-4-9-5-3-7;3*1-2/h5-13,20-21H,4,14-19,22-24H2,1-3H3,(H,37,41);7-8H,2-6H2,1H3;2*1-2H3;2H,1H3/p+1. The number of carbonyl (C=O) groups excluding carboxylic acids is 1. The van der Waals surface area contributed by atoms with Gasteiger partial charge in [0.25, 0.3) is 11.6 Å². The Morgan fingerprint density at radius 3 is 2.23 bits per heavy atom. The minimum Gasteiger partial charge on any atom is -0.493 e. The Hall–Kier alpha value is -3.85. The summed E-state index contributed by atoms with van der Waals surface area (Å²) in [6.07, 6.45) is 5.80. The molecule has 0 atom stereocenters. The van der Waals surface area contributed by atoms with Gasteiger partial charge >= 0.3 is 0 Å². The minimum atomic E-state index is -3.86. The summed E-state index contributed by atoms with van der Waals surface area (Å²) in [5.41, 5.74) is 5.84. The first-order chi connectivity index (χ1) is 29.4. The second kappa shape index (κ2) is 28.0. The van der Waals surface area contributed by atoms with E-state index >= 15 is 0 Å². The number of aliphatic hydroxyl groups excluding tert-OH is 1. The van der Waals surface area contributed by atoms with E-state index < -0.39 is 21.6 Å². The van der Waals surface area contributed by atoms with Crippen LogP contribution in [-0.2, 0) is 14.6 Å². The van der Waals surface area contributed by atoms with Gasteiger partial charge in [-0.2, -0.15) is 0 Å². The molecule has 2 saturated heterocycles. The van der Waals surface area contributed by atoms with Gasteiger partial charge in [0.1, 0.15) is 11.6 Å². The Labute approximate surface area is 371 Å². The van der Waals surface area contributed by atoms with Crippen molar-refractivity contribution in [2.24, 2.45) is 11.3 Å². The lowest BCUT2D eigenvalue weighted by atomic mass is 9.72. The fraction of sp³-hybridized carbons (Fsp3) is 0.553. The van der Waals surface area contributed by atoms with E-state index in [0.29, 0.717) is 12.4 Å². The van der Waals surface area contributed by atoms with Crippen LogP contribution < -0.4 is 25.4 Å². The highest BCUT2D eigenvalue weighted by Gasteiger charge is 2.30. The van der Waals surface area contributed by atoms with Crippen LogP contribution in [0.2, 0.25) is 5.02 Å². The lowest BCUT2D eigenvalue weighted by Crippen LogP contribution is -2.55. The van der Waals surface area contributed by atoms with E-state index in [1.165, 1.54) is 60.2 Å². The maximum Gasteiger partial charge on any atom is 0.255 e. The van der Waals surface area contributed by atoms with Gasteiger partial charge in [0.15, 0.2) is 9.84 Å². The number of nitrogens with one attached hydrogen (secondary N) is 3. The molecule has 2 heterocycles. The van der Waals surface area contributed by atoms with Crippen molar-refractivity contribution in [1.82, 2.24) is 15.5 Å². The monoisotopic (exact) mass is 886 g/mol. The van der Waals surface area contributed by atoms with E-state index in [-0.39, 0.29) is 21.6 Å². The van der Waals surface area contributed by atoms with Crippen LogP contribution in [0.1, 0.15) is 96.5 Å². The molecular formula is C47H73ClN5O7S+. The number of benzene rings is 3. The van der Waals surface area contributed by atoms with E-state index in [2.05, 4.69) is 46.4 Å². The number of aliphatic hydroxyl groups is 1. The van der Waals surface area contributed by atoms with E-state index in [4.69, 9.17) is 26.2 Å².